The molecule has 0 bridgehead atoms. The molecule has 1 aromatic rings. The van der Waals surface area contributed by atoms with Crippen LogP contribution in [0.3, 0.4) is 0 Å². The van der Waals surface area contributed by atoms with Crippen LogP contribution in [0.1, 0.15) is 38.2 Å². The first-order valence-corrected chi connectivity index (χ1v) is 9.05. The Kier molecular flexibility index (Phi) is 7.19. The molecule has 3 rings (SSSR count). The van der Waals surface area contributed by atoms with E-state index in [0.717, 1.165) is 24.7 Å². The first kappa shape index (κ1) is 19.8. The zero-order chi connectivity index (χ0) is 16.3. The van der Waals surface area contributed by atoms with Crippen molar-refractivity contribution < 1.29 is 0 Å². The van der Waals surface area contributed by atoms with E-state index in [4.69, 9.17) is 17.3 Å². The summed E-state index contributed by atoms with van der Waals surface area (Å²) >= 11 is 5.98. The van der Waals surface area contributed by atoms with Gasteiger partial charge in [-0.15, -0.1) is 24.0 Å². The van der Waals surface area contributed by atoms with Crippen molar-refractivity contribution in [3.8, 4) is 0 Å². The van der Waals surface area contributed by atoms with Crippen molar-refractivity contribution in [2.45, 2.75) is 44.1 Å². The lowest BCUT2D eigenvalue weighted by Gasteiger charge is -2.23. The Morgan fingerprint density at radius 1 is 1.38 bits per heavy atom. The molecule has 6 heteroatoms. The fraction of sp³-hybridized carbons (Fsp3) is 0.611. The van der Waals surface area contributed by atoms with Crippen LogP contribution in [0.5, 0.6) is 0 Å². The zero-order valence-corrected chi connectivity index (χ0v) is 17.4. The van der Waals surface area contributed by atoms with E-state index in [1.54, 1.807) is 0 Å². The first-order valence-electron chi connectivity index (χ1n) is 8.67. The lowest BCUT2D eigenvalue weighted by molar-refractivity contribution is 0.267. The third-order valence-electron chi connectivity index (χ3n) is 5.29. The molecule has 1 aromatic carbocycles. The molecule has 0 amide bonds. The zero-order valence-electron chi connectivity index (χ0n) is 14.3. The van der Waals surface area contributed by atoms with Crippen molar-refractivity contribution in [1.82, 2.24) is 10.2 Å². The molecule has 2 fully saturated rings. The fourth-order valence-electron chi connectivity index (χ4n) is 3.55. The van der Waals surface area contributed by atoms with E-state index in [2.05, 4.69) is 34.3 Å². The topological polar surface area (TPSA) is 53.6 Å². The number of nitrogens with zero attached hydrogens (tertiary/aromatic N) is 2. The standard InChI is InChI=1S/C18H27ClN4.HI/c1-2-23-11-3-4-16(23)12-21-17(20)22-13-18(9-10-18)14-5-7-15(19)8-6-14;/h5-8,16H,2-4,9-13H2,1H3,(H3,20,21,22);1H. The maximum atomic E-state index is 6.08. The number of nitrogens with one attached hydrogen (secondary N) is 1. The Morgan fingerprint density at radius 2 is 2.08 bits per heavy atom. The lowest BCUT2D eigenvalue weighted by atomic mass is 9.96. The lowest BCUT2D eigenvalue weighted by Crippen LogP contribution is -2.43. The average Bonchev–Trinajstić information content (AvgIpc) is 3.21. The van der Waals surface area contributed by atoms with E-state index in [1.807, 2.05) is 12.1 Å². The van der Waals surface area contributed by atoms with Crippen molar-refractivity contribution in [2.24, 2.45) is 10.7 Å². The maximum Gasteiger partial charge on any atom is 0.188 e. The second kappa shape index (κ2) is 8.72. The third kappa shape index (κ3) is 4.76. The van der Waals surface area contributed by atoms with Gasteiger partial charge in [-0.1, -0.05) is 30.7 Å². The molecule has 0 radical (unpaired) electrons. The van der Waals surface area contributed by atoms with Gasteiger partial charge in [0.15, 0.2) is 5.96 Å². The van der Waals surface area contributed by atoms with Gasteiger partial charge in [-0.25, -0.2) is 0 Å². The smallest absolute Gasteiger partial charge is 0.188 e. The second-order valence-electron chi connectivity index (χ2n) is 6.79. The van der Waals surface area contributed by atoms with Crippen molar-refractivity contribution in [3.05, 3.63) is 34.9 Å². The summed E-state index contributed by atoms with van der Waals surface area (Å²) in [5.74, 6) is 0.577. The highest BCUT2D eigenvalue weighted by atomic mass is 127. The molecule has 1 aliphatic heterocycles. The van der Waals surface area contributed by atoms with Crippen LogP contribution in [-0.2, 0) is 5.41 Å². The number of benzene rings is 1. The Bertz CT molecular complexity index is 557. The molecule has 134 valence electrons. The largest absolute Gasteiger partial charge is 0.370 e. The van der Waals surface area contributed by atoms with Gasteiger partial charge in [0, 0.05) is 23.0 Å². The normalized spacial score (nSPS) is 22.9. The van der Waals surface area contributed by atoms with Crippen molar-refractivity contribution in [2.75, 3.05) is 26.2 Å². The van der Waals surface area contributed by atoms with Crippen molar-refractivity contribution in [3.63, 3.8) is 0 Å². The van der Waals surface area contributed by atoms with Crippen LogP contribution < -0.4 is 11.1 Å². The average molecular weight is 463 g/mol. The summed E-state index contributed by atoms with van der Waals surface area (Å²) in [6.07, 6.45) is 4.90. The molecule has 4 nitrogen and oxygen atoms in total. The Hall–Kier alpha value is -0.530. The Morgan fingerprint density at radius 3 is 2.71 bits per heavy atom. The minimum atomic E-state index is 0. The summed E-state index contributed by atoms with van der Waals surface area (Å²) in [5.41, 5.74) is 7.58. The Labute approximate surface area is 167 Å². The molecule has 1 heterocycles. The molecule has 1 atom stereocenters. The van der Waals surface area contributed by atoms with Crippen LogP contribution in [-0.4, -0.2) is 43.1 Å². The van der Waals surface area contributed by atoms with E-state index < -0.39 is 0 Å². The number of halogens is 2. The van der Waals surface area contributed by atoms with Gasteiger partial charge in [0.1, 0.15) is 0 Å². The first-order chi connectivity index (χ1) is 11.1. The quantitative estimate of drug-likeness (QED) is 0.387. The molecule has 0 aromatic heterocycles. The monoisotopic (exact) mass is 462 g/mol. The molecule has 3 N–H and O–H groups in total. The van der Waals surface area contributed by atoms with Crippen LogP contribution in [0.25, 0.3) is 0 Å². The SMILES string of the molecule is CCN1CCCC1CNC(N)=NCC1(c2ccc(Cl)cc2)CC1.I. The summed E-state index contributed by atoms with van der Waals surface area (Å²) in [4.78, 5) is 7.11. The molecule has 0 spiro atoms. The molecule has 1 unspecified atom stereocenters. The third-order valence-corrected chi connectivity index (χ3v) is 5.54. The van der Waals surface area contributed by atoms with Crippen LogP contribution in [0.4, 0.5) is 0 Å². The number of hydrogen-bond donors (Lipinski definition) is 2. The summed E-state index contributed by atoms with van der Waals surface area (Å²) < 4.78 is 0. The number of likely N-dealkylation sites (tertiary alicyclic amines) is 1. The number of rotatable bonds is 6. The van der Waals surface area contributed by atoms with Gasteiger partial charge < -0.3 is 11.1 Å². The Balaban J connectivity index is 0.00000208. The molecule has 24 heavy (non-hydrogen) atoms. The number of nitrogens with two attached hydrogens (primary N) is 1. The maximum absolute atomic E-state index is 6.08. The van der Waals surface area contributed by atoms with Gasteiger partial charge in [-0.05, 0) is 56.5 Å². The van der Waals surface area contributed by atoms with E-state index in [9.17, 15) is 0 Å². The number of hydrogen-bond acceptors (Lipinski definition) is 2. The van der Waals surface area contributed by atoms with Gasteiger partial charge in [-0.2, -0.15) is 0 Å². The van der Waals surface area contributed by atoms with Gasteiger partial charge in [-0.3, -0.25) is 9.89 Å². The van der Waals surface area contributed by atoms with E-state index in [0.29, 0.717) is 12.0 Å². The van der Waals surface area contributed by atoms with Gasteiger partial charge in [0.05, 0.1) is 6.54 Å². The van der Waals surface area contributed by atoms with Crippen LogP contribution >= 0.6 is 35.6 Å². The highest BCUT2D eigenvalue weighted by Gasteiger charge is 2.44. The number of guanidine groups is 1. The van der Waals surface area contributed by atoms with Gasteiger partial charge in [0.2, 0.25) is 0 Å². The van der Waals surface area contributed by atoms with Crippen LogP contribution in [0.15, 0.2) is 29.3 Å². The highest BCUT2D eigenvalue weighted by Crippen LogP contribution is 2.48. The molecule has 1 saturated heterocycles. The number of aliphatic imine (C=N–C) groups is 1. The fourth-order valence-corrected chi connectivity index (χ4v) is 3.68. The van der Waals surface area contributed by atoms with Crippen molar-refractivity contribution >= 4 is 41.5 Å². The van der Waals surface area contributed by atoms with E-state index >= 15 is 0 Å². The second-order valence-corrected chi connectivity index (χ2v) is 7.23. The molecule has 1 aliphatic carbocycles. The molecular weight excluding hydrogens is 435 g/mol. The minimum absolute atomic E-state index is 0. The van der Waals surface area contributed by atoms with Gasteiger partial charge in [0.25, 0.3) is 0 Å². The van der Waals surface area contributed by atoms with Crippen LogP contribution in [0, 0.1) is 0 Å². The van der Waals surface area contributed by atoms with Gasteiger partial charge >= 0.3 is 0 Å². The summed E-state index contributed by atoms with van der Waals surface area (Å²) in [7, 11) is 0. The van der Waals surface area contributed by atoms with E-state index in [-0.39, 0.29) is 29.4 Å². The predicted octanol–water partition coefficient (Wildman–Crippen LogP) is 3.38. The highest BCUT2D eigenvalue weighted by molar-refractivity contribution is 14.0. The van der Waals surface area contributed by atoms with E-state index in [1.165, 1.54) is 37.8 Å². The summed E-state index contributed by atoms with van der Waals surface area (Å²) in [5, 5.41) is 4.10. The molecular formula is C18H28ClIN4. The van der Waals surface area contributed by atoms with Crippen LogP contribution in [0.2, 0.25) is 5.02 Å². The summed E-state index contributed by atoms with van der Waals surface area (Å²) in [6.45, 7) is 6.20. The summed E-state index contributed by atoms with van der Waals surface area (Å²) in [6, 6.07) is 8.75. The van der Waals surface area contributed by atoms with Crippen molar-refractivity contribution in [1.29, 1.82) is 0 Å². The minimum Gasteiger partial charge on any atom is -0.370 e. The molecule has 1 saturated carbocycles. The number of likely N-dealkylation sites (N-methyl/N-ethyl adjacent to an activating group) is 1. The predicted molar refractivity (Wildman–Crippen MR) is 113 cm³/mol. The molecule has 2 aliphatic rings.